The number of hydrogen-bond acceptors (Lipinski definition) is 5. The second-order valence-corrected chi connectivity index (χ2v) is 5.96. The van der Waals surface area contributed by atoms with Gasteiger partial charge in [-0.15, -0.1) is 11.3 Å². The number of nitrogens with two attached hydrogens (primary N) is 1. The maximum Gasteiger partial charge on any atom is 0.180 e. The van der Waals surface area contributed by atoms with Gasteiger partial charge >= 0.3 is 0 Å². The third-order valence-electron chi connectivity index (χ3n) is 2.82. The van der Waals surface area contributed by atoms with Crippen molar-refractivity contribution in [3.8, 4) is 0 Å². The van der Waals surface area contributed by atoms with E-state index in [-0.39, 0.29) is 0 Å². The Morgan fingerprint density at radius 3 is 3.13 bits per heavy atom. The third kappa shape index (κ3) is 3.09. The molecule has 0 aromatic carbocycles. The van der Waals surface area contributed by atoms with Gasteiger partial charge in [-0.2, -0.15) is 11.8 Å². The van der Waals surface area contributed by atoms with Crippen molar-refractivity contribution in [2.75, 3.05) is 30.8 Å². The second-order valence-electron chi connectivity index (χ2n) is 3.93. The van der Waals surface area contributed by atoms with Crippen LogP contribution in [0.2, 0.25) is 0 Å². The molecule has 0 aliphatic carbocycles. The molecule has 1 atom stereocenters. The Bertz CT molecular complexity index is 307. The first-order chi connectivity index (χ1) is 7.25. The Morgan fingerprint density at radius 2 is 2.53 bits per heavy atom. The van der Waals surface area contributed by atoms with Gasteiger partial charge in [0.1, 0.15) is 0 Å². The minimum atomic E-state index is 0.684. The number of anilines is 1. The number of thiazole rings is 1. The quantitative estimate of drug-likeness (QED) is 0.874. The van der Waals surface area contributed by atoms with E-state index >= 15 is 0 Å². The highest BCUT2D eigenvalue weighted by Crippen LogP contribution is 2.21. The molecule has 0 saturated carbocycles. The smallest absolute Gasteiger partial charge is 0.180 e. The predicted molar refractivity (Wildman–Crippen MR) is 68.6 cm³/mol. The molecular formula is C10H17N3S2. The van der Waals surface area contributed by atoms with Crippen LogP contribution in [0.4, 0.5) is 5.13 Å². The summed E-state index contributed by atoms with van der Waals surface area (Å²) in [5.41, 5.74) is 6.73. The number of nitrogens with zero attached hydrogens (tertiary/aromatic N) is 2. The topological polar surface area (TPSA) is 42.1 Å². The Labute approximate surface area is 99.1 Å². The van der Waals surface area contributed by atoms with E-state index in [2.05, 4.69) is 34.1 Å². The minimum absolute atomic E-state index is 0.684. The van der Waals surface area contributed by atoms with E-state index in [4.69, 9.17) is 5.73 Å². The molecule has 1 aromatic rings. The number of thioether (sulfide) groups is 1. The molecule has 1 fully saturated rings. The largest absolute Gasteiger partial charge is 0.375 e. The van der Waals surface area contributed by atoms with Crippen molar-refractivity contribution in [1.82, 2.24) is 9.88 Å². The van der Waals surface area contributed by atoms with Crippen molar-refractivity contribution < 1.29 is 0 Å². The van der Waals surface area contributed by atoms with Crippen molar-refractivity contribution in [2.24, 2.45) is 0 Å². The maximum atomic E-state index is 5.60. The van der Waals surface area contributed by atoms with Crippen LogP contribution >= 0.6 is 23.1 Å². The van der Waals surface area contributed by atoms with Crippen LogP contribution in [0, 0.1) is 0 Å². The average molecular weight is 243 g/mol. The molecule has 1 aliphatic rings. The Morgan fingerprint density at radius 1 is 1.67 bits per heavy atom. The number of rotatable bonds is 4. The molecule has 2 N–H and O–H groups in total. The second kappa shape index (κ2) is 5.18. The van der Waals surface area contributed by atoms with Crippen LogP contribution < -0.4 is 5.73 Å². The van der Waals surface area contributed by atoms with Crippen LogP contribution in [0.3, 0.4) is 0 Å². The van der Waals surface area contributed by atoms with Crippen LogP contribution in [0.1, 0.15) is 12.1 Å². The lowest BCUT2D eigenvalue weighted by atomic mass is 10.2. The summed E-state index contributed by atoms with van der Waals surface area (Å²) < 4.78 is 0. The summed E-state index contributed by atoms with van der Waals surface area (Å²) in [6.45, 7) is 1.09. The van der Waals surface area contributed by atoms with Crippen molar-refractivity contribution in [3.05, 3.63) is 11.1 Å². The Balaban J connectivity index is 1.77. The van der Waals surface area contributed by atoms with E-state index in [1.54, 1.807) is 0 Å². The Kier molecular flexibility index (Phi) is 3.88. The molecule has 3 nitrogen and oxygen atoms in total. The molecule has 0 bridgehead atoms. The van der Waals surface area contributed by atoms with Gasteiger partial charge in [0.25, 0.3) is 0 Å². The van der Waals surface area contributed by atoms with Crippen LogP contribution in [-0.2, 0) is 6.42 Å². The van der Waals surface area contributed by atoms with Gasteiger partial charge in [0.05, 0.1) is 5.69 Å². The van der Waals surface area contributed by atoms with Crippen LogP contribution in [0.5, 0.6) is 0 Å². The van der Waals surface area contributed by atoms with Gasteiger partial charge in [-0.3, -0.25) is 0 Å². The van der Waals surface area contributed by atoms with Crippen LogP contribution in [0.25, 0.3) is 0 Å². The zero-order valence-electron chi connectivity index (χ0n) is 8.98. The lowest BCUT2D eigenvalue weighted by Gasteiger charge is -2.22. The van der Waals surface area contributed by atoms with E-state index < -0.39 is 0 Å². The average Bonchev–Trinajstić information content (AvgIpc) is 2.84. The molecule has 5 heteroatoms. The first kappa shape index (κ1) is 11.2. The minimum Gasteiger partial charge on any atom is -0.375 e. The van der Waals surface area contributed by atoms with Gasteiger partial charge in [0.2, 0.25) is 0 Å². The highest BCUT2D eigenvalue weighted by Gasteiger charge is 2.19. The lowest BCUT2D eigenvalue weighted by molar-refractivity contribution is 0.265. The number of nitrogen functional groups attached to an aromatic ring is 1. The molecule has 1 saturated heterocycles. The molecule has 84 valence electrons. The fourth-order valence-corrected chi connectivity index (χ4v) is 3.68. The standard InChI is InChI=1S/C10H17N3S2/c1-13(9-3-5-14-7-9)4-2-8-6-15-10(11)12-8/h6,9H,2-5,7H2,1H3,(H2,11,12). The summed E-state index contributed by atoms with van der Waals surface area (Å²) in [7, 11) is 2.21. The fraction of sp³-hybridized carbons (Fsp3) is 0.700. The van der Waals surface area contributed by atoms with Crippen molar-refractivity contribution in [3.63, 3.8) is 0 Å². The predicted octanol–water partition coefficient (Wildman–Crippen LogP) is 1.71. The van der Waals surface area contributed by atoms with Gasteiger partial charge in [0.15, 0.2) is 5.13 Å². The van der Waals surface area contributed by atoms with Gasteiger partial charge < -0.3 is 10.6 Å². The van der Waals surface area contributed by atoms with Crippen molar-refractivity contribution in [1.29, 1.82) is 0 Å². The SMILES string of the molecule is CN(CCc1csc(N)n1)C1CCSC1. The summed E-state index contributed by atoms with van der Waals surface area (Å²) in [4.78, 5) is 6.73. The van der Waals surface area contributed by atoms with Crippen molar-refractivity contribution >= 4 is 28.2 Å². The molecule has 2 rings (SSSR count). The number of aromatic nitrogens is 1. The fourth-order valence-electron chi connectivity index (χ4n) is 1.78. The normalized spacial score (nSPS) is 21.3. The van der Waals surface area contributed by atoms with E-state index in [1.165, 1.54) is 29.3 Å². The summed E-state index contributed by atoms with van der Waals surface area (Å²) in [5.74, 6) is 2.61. The first-order valence-electron chi connectivity index (χ1n) is 5.23. The zero-order chi connectivity index (χ0) is 10.7. The molecule has 1 aliphatic heterocycles. The number of hydrogen-bond donors (Lipinski definition) is 1. The molecule has 0 radical (unpaired) electrons. The molecular weight excluding hydrogens is 226 g/mol. The Hall–Kier alpha value is -0.260. The van der Waals surface area contributed by atoms with E-state index in [0.717, 1.165) is 24.7 Å². The van der Waals surface area contributed by atoms with Gasteiger partial charge in [-0.1, -0.05) is 0 Å². The molecule has 0 spiro atoms. The summed E-state index contributed by atoms with van der Waals surface area (Å²) in [6.07, 6.45) is 2.35. The number of likely N-dealkylation sites (N-methyl/N-ethyl adjacent to an activating group) is 1. The van der Waals surface area contributed by atoms with Crippen molar-refractivity contribution in [2.45, 2.75) is 18.9 Å². The monoisotopic (exact) mass is 243 g/mol. The summed E-state index contributed by atoms with van der Waals surface area (Å²) in [5, 5.41) is 2.75. The van der Waals surface area contributed by atoms with Gasteiger partial charge in [0, 0.05) is 30.1 Å². The van der Waals surface area contributed by atoms with Gasteiger partial charge in [-0.25, -0.2) is 4.98 Å². The molecule has 2 heterocycles. The summed E-state index contributed by atoms with van der Waals surface area (Å²) >= 11 is 3.59. The van der Waals surface area contributed by atoms with E-state index in [1.807, 2.05) is 0 Å². The summed E-state index contributed by atoms with van der Waals surface area (Å²) in [6, 6.07) is 0.769. The van der Waals surface area contributed by atoms with E-state index in [0.29, 0.717) is 5.13 Å². The van der Waals surface area contributed by atoms with E-state index in [9.17, 15) is 0 Å². The third-order valence-corrected chi connectivity index (χ3v) is 4.69. The molecule has 1 aromatic heterocycles. The molecule has 1 unspecified atom stereocenters. The first-order valence-corrected chi connectivity index (χ1v) is 7.27. The lowest BCUT2D eigenvalue weighted by Crippen LogP contribution is -2.33. The molecule has 15 heavy (non-hydrogen) atoms. The maximum absolute atomic E-state index is 5.60. The molecule has 0 amide bonds. The van der Waals surface area contributed by atoms with Crippen LogP contribution in [-0.4, -0.2) is 41.0 Å². The highest BCUT2D eigenvalue weighted by atomic mass is 32.2. The van der Waals surface area contributed by atoms with Crippen LogP contribution in [0.15, 0.2) is 5.38 Å². The van der Waals surface area contributed by atoms with Gasteiger partial charge in [-0.05, 0) is 19.2 Å². The highest BCUT2D eigenvalue weighted by molar-refractivity contribution is 7.99. The zero-order valence-corrected chi connectivity index (χ0v) is 10.6.